The summed E-state index contributed by atoms with van der Waals surface area (Å²) in [6, 6.07) is 3.51. The van der Waals surface area contributed by atoms with Gasteiger partial charge in [-0.05, 0) is 38.1 Å². The molecular weight excluding hydrogens is 258 g/mol. The Morgan fingerprint density at radius 1 is 1.35 bits per heavy atom. The van der Waals surface area contributed by atoms with E-state index in [1.807, 2.05) is 0 Å². The van der Waals surface area contributed by atoms with Gasteiger partial charge in [0.1, 0.15) is 17.9 Å². The van der Waals surface area contributed by atoms with Crippen LogP contribution in [-0.2, 0) is 0 Å². The van der Waals surface area contributed by atoms with Crippen molar-refractivity contribution < 1.29 is 14.6 Å². The molecule has 3 rings (SSSR count). The van der Waals surface area contributed by atoms with Crippen LogP contribution in [0.2, 0.25) is 0 Å². The first-order valence-electron chi connectivity index (χ1n) is 6.80. The summed E-state index contributed by atoms with van der Waals surface area (Å²) in [5.74, 6) is -0.264. The van der Waals surface area contributed by atoms with Gasteiger partial charge in [-0.3, -0.25) is 4.90 Å². The van der Waals surface area contributed by atoms with Crippen molar-refractivity contribution >= 4 is 11.5 Å². The lowest BCUT2D eigenvalue weighted by atomic mass is 10.2. The summed E-state index contributed by atoms with van der Waals surface area (Å²) in [4.78, 5) is 13.4. The Balaban J connectivity index is 1.65. The van der Waals surface area contributed by atoms with E-state index in [2.05, 4.69) is 10.00 Å². The quantitative estimate of drug-likeness (QED) is 0.896. The van der Waals surface area contributed by atoms with E-state index in [-0.39, 0.29) is 5.56 Å². The Bertz CT molecular complexity index is 617. The molecule has 1 aliphatic rings. The van der Waals surface area contributed by atoms with Crippen molar-refractivity contribution in [2.24, 2.45) is 0 Å². The van der Waals surface area contributed by atoms with Gasteiger partial charge in [0.05, 0.1) is 17.9 Å². The summed E-state index contributed by atoms with van der Waals surface area (Å²) in [6.45, 7) is 3.88. The van der Waals surface area contributed by atoms with Crippen molar-refractivity contribution in [1.29, 1.82) is 0 Å². The molecule has 1 aliphatic heterocycles. The predicted octanol–water partition coefficient (Wildman–Crippen LogP) is 1.51. The van der Waals surface area contributed by atoms with Crippen molar-refractivity contribution in [3.8, 4) is 5.75 Å². The maximum Gasteiger partial charge on any atom is 0.339 e. The van der Waals surface area contributed by atoms with Crippen molar-refractivity contribution in [2.75, 3.05) is 26.2 Å². The first-order valence-corrected chi connectivity index (χ1v) is 6.80. The van der Waals surface area contributed by atoms with Crippen LogP contribution >= 0.6 is 0 Å². The minimum absolute atomic E-state index is 0.202. The van der Waals surface area contributed by atoms with Gasteiger partial charge in [-0.15, -0.1) is 0 Å². The Morgan fingerprint density at radius 2 is 2.15 bits per heavy atom. The molecule has 0 aromatic carbocycles. The van der Waals surface area contributed by atoms with E-state index in [9.17, 15) is 4.79 Å². The Morgan fingerprint density at radius 3 is 2.90 bits per heavy atom. The van der Waals surface area contributed by atoms with Gasteiger partial charge in [-0.25, -0.2) is 9.31 Å². The molecule has 106 valence electrons. The summed E-state index contributed by atoms with van der Waals surface area (Å²) in [7, 11) is 0. The van der Waals surface area contributed by atoms with Gasteiger partial charge in [-0.1, -0.05) is 0 Å². The number of pyridine rings is 1. The van der Waals surface area contributed by atoms with Gasteiger partial charge in [0.15, 0.2) is 0 Å². The highest BCUT2D eigenvalue weighted by atomic mass is 16.5. The van der Waals surface area contributed by atoms with Crippen LogP contribution in [0.5, 0.6) is 5.75 Å². The number of aromatic carboxylic acids is 1. The zero-order chi connectivity index (χ0) is 13.9. The summed E-state index contributed by atoms with van der Waals surface area (Å²) < 4.78 is 7.23. The molecule has 0 amide bonds. The van der Waals surface area contributed by atoms with Gasteiger partial charge < -0.3 is 9.84 Å². The van der Waals surface area contributed by atoms with Crippen molar-refractivity contribution in [2.45, 2.75) is 12.8 Å². The summed E-state index contributed by atoms with van der Waals surface area (Å²) in [5, 5.41) is 13.0. The molecule has 1 saturated heterocycles. The Hall–Kier alpha value is -2.08. The van der Waals surface area contributed by atoms with Gasteiger partial charge >= 0.3 is 5.97 Å². The predicted molar refractivity (Wildman–Crippen MR) is 73.3 cm³/mol. The van der Waals surface area contributed by atoms with E-state index in [0.29, 0.717) is 17.9 Å². The van der Waals surface area contributed by atoms with E-state index < -0.39 is 5.97 Å². The second-order valence-electron chi connectivity index (χ2n) is 4.96. The number of carbonyl (C=O) groups is 1. The van der Waals surface area contributed by atoms with E-state index in [4.69, 9.17) is 9.84 Å². The molecule has 0 saturated carbocycles. The van der Waals surface area contributed by atoms with Gasteiger partial charge in [0.2, 0.25) is 0 Å². The standard InChI is InChI=1S/C14H17N3O3/c18-14(19)12-9-15-17-10-11(3-4-13(12)17)20-8-7-16-5-1-2-6-16/h3-4,9-10H,1-2,5-8H2,(H,18,19). The zero-order valence-corrected chi connectivity index (χ0v) is 11.2. The third-order valence-corrected chi connectivity index (χ3v) is 3.59. The molecule has 0 radical (unpaired) electrons. The molecular formula is C14H17N3O3. The second-order valence-corrected chi connectivity index (χ2v) is 4.96. The monoisotopic (exact) mass is 275 g/mol. The van der Waals surface area contributed by atoms with Crippen molar-refractivity contribution in [3.05, 3.63) is 30.1 Å². The number of aromatic nitrogens is 2. The fraction of sp³-hybridized carbons (Fsp3) is 0.429. The van der Waals surface area contributed by atoms with Crippen LogP contribution in [0.1, 0.15) is 23.2 Å². The number of nitrogens with zero attached hydrogens (tertiary/aromatic N) is 3. The molecule has 0 unspecified atom stereocenters. The maximum absolute atomic E-state index is 11.0. The van der Waals surface area contributed by atoms with Crippen LogP contribution in [-0.4, -0.2) is 51.8 Å². The van der Waals surface area contributed by atoms with Gasteiger partial charge in [0.25, 0.3) is 0 Å². The molecule has 2 aromatic rings. The number of carboxylic acids is 1. The molecule has 1 fully saturated rings. The molecule has 0 bridgehead atoms. The van der Waals surface area contributed by atoms with Crippen LogP contribution in [0.15, 0.2) is 24.5 Å². The highest BCUT2D eigenvalue weighted by Crippen LogP contribution is 2.16. The maximum atomic E-state index is 11.0. The fourth-order valence-electron chi connectivity index (χ4n) is 2.51. The highest BCUT2D eigenvalue weighted by Gasteiger charge is 2.12. The number of hydrogen-bond donors (Lipinski definition) is 1. The number of rotatable bonds is 5. The van der Waals surface area contributed by atoms with Crippen LogP contribution in [0.25, 0.3) is 5.52 Å². The summed E-state index contributed by atoms with van der Waals surface area (Å²) in [6.07, 6.45) is 5.62. The van der Waals surface area contributed by atoms with Crippen LogP contribution in [0.4, 0.5) is 0 Å². The molecule has 1 N–H and O–H groups in total. The number of hydrogen-bond acceptors (Lipinski definition) is 4. The molecule has 2 aromatic heterocycles. The van der Waals surface area contributed by atoms with E-state index >= 15 is 0 Å². The molecule has 3 heterocycles. The molecule has 0 atom stereocenters. The molecule has 20 heavy (non-hydrogen) atoms. The Kier molecular flexibility index (Phi) is 3.56. The second kappa shape index (κ2) is 5.50. The van der Waals surface area contributed by atoms with Crippen LogP contribution < -0.4 is 4.74 Å². The van der Waals surface area contributed by atoms with Crippen molar-refractivity contribution in [3.63, 3.8) is 0 Å². The molecule has 6 nitrogen and oxygen atoms in total. The van der Waals surface area contributed by atoms with E-state index in [0.717, 1.165) is 19.6 Å². The van der Waals surface area contributed by atoms with Gasteiger partial charge in [0, 0.05) is 6.54 Å². The minimum Gasteiger partial charge on any atom is -0.491 e. The molecule has 0 spiro atoms. The van der Waals surface area contributed by atoms with E-state index in [1.165, 1.54) is 23.6 Å². The summed E-state index contributed by atoms with van der Waals surface area (Å²) >= 11 is 0. The smallest absolute Gasteiger partial charge is 0.339 e. The number of ether oxygens (including phenoxy) is 1. The topological polar surface area (TPSA) is 67.1 Å². The first kappa shape index (κ1) is 12.9. The summed E-state index contributed by atoms with van der Waals surface area (Å²) in [5.41, 5.74) is 0.776. The number of likely N-dealkylation sites (tertiary alicyclic amines) is 1. The van der Waals surface area contributed by atoms with E-state index in [1.54, 1.807) is 18.3 Å². The SMILES string of the molecule is O=C(O)c1cnn2cc(OCCN3CCCC3)ccc12. The lowest BCUT2D eigenvalue weighted by molar-refractivity contribution is 0.0699. The lowest BCUT2D eigenvalue weighted by Crippen LogP contribution is -2.25. The lowest BCUT2D eigenvalue weighted by Gasteiger charge is -2.14. The fourth-order valence-corrected chi connectivity index (χ4v) is 2.51. The normalized spacial score (nSPS) is 15.8. The zero-order valence-electron chi connectivity index (χ0n) is 11.2. The first-order chi connectivity index (χ1) is 9.74. The highest BCUT2D eigenvalue weighted by molar-refractivity contribution is 5.95. The minimum atomic E-state index is -0.970. The average Bonchev–Trinajstić information content (AvgIpc) is 3.06. The Labute approximate surface area is 116 Å². The number of fused-ring (bicyclic) bond motifs is 1. The average molecular weight is 275 g/mol. The molecule has 0 aliphatic carbocycles. The van der Waals surface area contributed by atoms with Crippen LogP contribution in [0, 0.1) is 0 Å². The molecule has 6 heteroatoms. The third kappa shape index (κ3) is 2.60. The third-order valence-electron chi connectivity index (χ3n) is 3.59. The van der Waals surface area contributed by atoms with Crippen molar-refractivity contribution in [1.82, 2.24) is 14.5 Å². The number of carboxylic acid groups (broad SMARTS) is 1. The van der Waals surface area contributed by atoms with Crippen LogP contribution in [0.3, 0.4) is 0 Å². The largest absolute Gasteiger partial charge is 0.491 e. The van der Waals surface area contributed by atoms with Gasteiger partial charge in [-0.2, -0.15) is 5.10 Å².